The fourth-order valence-corrected chi connectivity index (χ4v) is 3.14. The fourth-order valence-electron chi connectivity index (χ4n) is 3.14. The van der Waals surface area contributed by atoms with Crippen LogP contribution >= 0.6 is 0 Å². The highest BCUT2D eigenvalue weighted by atomic mass is 19.4. The Balaban J connectivity index is 0.000000406. The van der Waals surface area contributed by atoms with Gasteiger partial charge in [0.15, 0.2) is 0 Å². The summed E-state index contributed by atoms with van der Waals surface area (Å²) in [6, 6.07) is 13.3. The van der Waals surface area contributed by atoms with Gasteiger partial charge < -0.3 is 20.5 Å². The standard InChI is InChI=1S/C21H17N3O3.C2HF3O2/c25-20(26)6-3-13-1-4-14(5-2-13)18-11-15(7-9-22-18)19-12-16-17(24-19)8-10-23-21(16)27;3-2(4,5)1(6)7/h1-7,9,11-12,24H,8,10H2,(H,23,27)(H,25,26);(H,6,7)/b6-3+;. The Hall–Kier alpha value is -4.41. The van der Waals surface area contributed by atoms with Crippen LogP contribution in [0.5, 0.6) is 0 Å². The predicted octanol–water partition coefficient (Wildman–Crippen LogP) is 3.76. The Morgan fingerprint density at radius 1 is 1.03 bits per heavy atom. The van der Waals surface area contributed by atoms with E-state index in [9.17, 15) is 22.8 Å². The Morgan fingerprint density at radius 2 is 1.71 bits per heavy atom. The zero-order valence-electron chi connectivity index (χ0n) is 17.4. The van der Waals surface area contributed by atoms with Crippen molar-refractivity contribution in [1.29, 1.82) is 0 Å². The molecular formula is C23H18F3N3O5. The van der Waals surface area contributed by atoms with Crippen LogP contribution in [-0.4, -0.2) is 50.7 Å². The zero-order chi connectivity index (χ0) is 24.9. The van der Waals surface area contributed by atoms with E-state index in [0.717, 1.165) is 46.3 Å². The topological polar surface area (TPSA) is 132 Å². The largest absolute Gasteiger partial charge is 0.490 e. The number of H-pyrrole nitrogens is 1. The Bertz CT molecular complexity index is 1250. The molecule has 4 rings (SSSR count). The summed E-state index contributed by atoms with van der Waals surface area (Å²) >= 11 is 0. The molecule has 0 unspecified atom stereocenters. The Labute approximate surface area is 190 Å². The maximum absolute atomic E-state index is 12.0. The number of alkyl halides is 3. The molecule has 0 bridgehead atoms. The monoisotopic (exact) mass is 473 g/mol. The van der Waals surface area contributed by atoms with Crippen molar-refractivity contribution in [3.8, 4) is 22.5 Å². The minimum absolute atomic E-state index is 0.0435. The second kappa shape index (κ2) is 10.0. The molecule has 0 fully saturated rings. The summed E-state index contributed by atoms with van der Waals surface area (Å²) in [7, 11) is 0. The van der Waals surface area contributed by atoms with Crippen LogP contribution in [0.1, 0.15) is 21.6 Å². The van der Waals surface area contributed by atoms with Crippen molar-refractivity contribution in [3.05, 3.63) is 71.6 Å². The van der Waals surface area contributed by atoms with Crippen LogP contribution < -0.4 is 5.32 Å². The highest BCUT2D eigenvalue weighted by molar-refractivity contribution is 5.97. The van der Waals surface area contributed by atoms with Crippen LogP contribution in [0.15, 0.2) is 54.7 Å². The molecule has 0 radical (unpaired) electrons. The molecule has 4 N–H and O–H groups in total. The number of carbonyl (C=O) groups is 3. The zero-order valence-corrected chi connectivity index (χ0v) is 17.4. The lowest BCUT2D eigenvalue weighted by molar-refractivity contribution is -0.192. The summed E-state index contributed by atoms with van der Waals surface area (Å²) in [5, 5.41) is 18.7. The average molecular weight is 473 g/mol. The minimum atomic E-state index is -5.08. The number of benzene rings is 1. The van der Waals surface area contributed by atoms with Crippen LogP contribution in [-0.2, 0) is 16.0 Å². The van der Waals surface area contributed by atoms with Crippen molar-refractivity contribution in [3.63, 3.8) is 0 Å². The third-order valence-corrected chi connectivity index (χ3v) is 4.74. The summed E-state index contributed by atoms with van der Waals surface area (Å²) in [4.78, 5) is 39.2. The van der Waals surface area contributed by atoms with Crippen molar-refractivity contribution >= 4 is 23.9 Å². The third-order valence-electron chi connectivity index (χ3n) is 4.74. The van der Waals surface area contributed by atoms with E-state index in [1.54, 1.807) is 12.3 Å². The normalized spacial score (nSPS) is 13.0. The number of amides is 1. The molecule has 34 heavy (non-hydrogen) atoms. The number of nitrogens with one attached hydrogen (secondary N) is 2. The summed E-state index contributed by atoms with van der Waals surface area (Å²) in [6.45, 7) is 0.649. The van der Waals surface area contributed by atoms with Crippen molar-refractivity contribution < 1.29 is 37.8 Å². The van der Waals surface area contributed by atoms with Crippen molar-refractivity contribution in [2.45, 2.75) is 12.6 Å². The first kappa shape index (κ1) is 24.2. The van der Waals surface area contributed by atoms with Gasteiger partial charge in [-0.1, -0.05) is 24.3 Å². The number of carboxylic acids is 2. The number of carboxylic acid groups (broad SMARTS) is 2. The van der Waals surface area contributed by atoms with E-state index >= 15 is 0 Å². The van der Waals surface area contributed by atoms with Gasteiger partial charge in [-0.3, -0.25) is 9.78 Å². The van der Waals surface area contributed by atoms with Crippen LogP contribution in [0.2, 0.25) is 0 Å². The SMILES string of the molecule is O=C(O)/C=C/c1ccc(-c2cc(-c3cc4c([nH]3)CCNC4=O)ccn2)cc1.O=C(O)C(F)(F)F. The second-order valence-corrected chi connectivity index (χ2v) is 7.11. The molecule has 3 aromatic rings. The first-order chi connectivity index (χ1) is 16.0. The Kier molecular flexibility index (Phi) is 7.15. The van der Waals surface area contributed by atoms with Gasteiger partial charge >= 0.3 is 18.1 Å². The first-order valence-corrected chi connectivity index (χ1v) is 9.82. The number of pyridine rings is 1. The van der Waals surface area contributed by atoms with Crippen molar-refractivity contribution in [2.75, 3.05) is 6.54 Å². The van der Waals surface area contributed by atoms with E-state index in [-0.39, 0.29) is 5.91 Å². The predicted molar refractivity (Wildman–Crippen MR) is 116 cm³/mol. The van der Waals surface area contributed by atoms with E-state index in [4.69, 9.17) is 15.0 Å². The van der Waals surface area contributed by atoms with Crippen LogP contribution in [0.25, 0.3) is 28.6 Å². The lowest BCUT2D eigenvalue weighted by atomic mass is 10.0. The number of halogens is 3. The van der Waals surface area contributed by atoms with Gasteiger partial charge in [0.05, 0.1) is 11.3 Å². The molecule has 1 aromatic carbocycles. The fraction of sp³-hybridized carbons (Fsp3) is 0.130. The van der Waals surface area contributed by atoms with Gasteiger partial charge in [0.1, 0.15) is 0 Å². The number of fused-ring (bicyclic) bond motifs is 1. The summed E-state index contributed by atoms with van der Waals surface area (Å²) < 4.78 is 31.7. The lowest BCUT2D eigenvalue weighted by Crippen LogP contribution is -2.31. The van der Waals surface area contributed by atoms with E-state index in [2.05, 4.69) is 15.3 Å². The number of aliphatic carboxylic acids is 2. The minimum Gasteiger partial charge on any atom is -0.478 e. The van der Waals surface area contributed by atoms with Gasteiger partial charge in [0.2, 0.25) is 0 Å². The number of rotatable bonds is 4. The molecule has 0 spiro atoms. The van der Waals surface area contributed by atoms with Crippen molar-refractivity contribution in [1.82, 2.24) is 15.3 Å². The van der Waals surface area contributed by atoms with E-state index in [0.29, 0.717) is 12.1 Å². The summed E-state index contributed by atoms with van der Waals surface area (Å²) in [5.74, 6) is -3.78. The van der Waals surface area contributed by atoms with Crippen molar-refractivity contribution in [2.24, 2.45) is 0 Å². The molecule has 0 atom stereocenters. The molecule has 1 aliphatic rings. The summed E-state index contributed by atoms with van der Waals surface area (Å²) in [6.07, 6.45) is 0.106. The molecule has 8 nitrogen and oxygen atoms in total. The lowest BCUT2D eigenvalue weighted by Gasteiger charge is -2.10. The highest BCUT2D eigenvalue weighted by Crippen LogP contribution is 2.27. The van der Waals surface area contributed by atoms with Gasteiger partial charge in [-0.2, -0.15) is 13.2 Å². The Morgan fingerprint density at radius 3 is 2.29 bits per heavy atom. The number of aromatic nitrogens is 2. The van der Waals surface area contributed by atoms with Gasteiger partial charge in [-0.05, 0) is 29.8 Å². The van der Waals surface area contributed by atoms with E-state index in [1.165, 1.54) is 0 Å². The second-order valence-electron chi connectivity index (χ2n) is 7.11. The highest BCUT2D eigenvalue weighted by Gasteiger charge is 2.38. The van der Waals surface area contributed by atoms with Crippen LogP contribution in [0.4, 0.5) is 13.2 Å². The van der Waals surface area contributed by atoms with Gasteiger partial charge in [0, 0.05) is 47.8 Å². The quantitative estimate of drug-likeness (QED) is 0.427. The smallest absolute Gasteiger partial charge is 0.478 e. The van der Waals surface area contributed by atoms with Crippen LogP contribution in [0, 0.1) is 0 Å². The molecular weight excluding hydrogens is 455 g/mol. The van der Waals surface area contributed by atoms with Gasteiger partial charge in [-0.25, -0.2) is 9.59 Å². The molecule has 176 valence electrons. The summed E-state index contributed by atoms with van der Waals surface area (Å²) in [5.41, 5.74) is 6.04. The molecule has 3 heterocycles. The number of carbonyl (C=O) groups excluding carboxylic acids is 1. The number of aromatic amines is 1. The molecule has 2 aromatic heterocycles. The van der Waals surface area contributed by atoms with Crippen LogP contribution in [0.3, 0.4) is 0 Å². The number of hydrogen-bond donors (Lipinski definition) is 4. The third kappa shape index (κ3) is 6.09. The molecule has 0 saturated heterocycles. The van der Waals surface area contributed by atoms with E-state index in [1.807, 2.05) is 42.5 Å². The average Bonchev–Trinajstić information content (AvgIpc) is 3.24. The molecule has 1 aliphatic heterocycles. The van der Waals surface area contributed by atoms with E-state index < -0.39 is 18.1 Å². The first-order valence-electron chi connectivity index (χ1n) is 9.82. The molecule has 11 heteroatoms. The maximum atomic E-state index is 12.0. The van der Waals surface area contributed by atoms with Gasteiger partial charge in [-0.15, -0.1) is 0 Å². The van der Waals surface area contributed by atoms with Gasteiger partial charge in [0.25, 0.3) is 5.91 Å². The number of hydrogen-bond acceptors (Lipinski definition) is 4. The molecule has 1 amide bonds. The molecule has 0 aliphatic carbocycles. The molecule has 0 saturated carbocycles. The maximum Gasteiger partial charge on any atom is 0.490 e. The number of nitrogens with zero attached hydrogens (tertiary/aromatic N) is 1.